The third-order valence-electron chi connectivity index (χ3n) is 1.78. The van der Waals surface area contributed by atoms with Gasteiger partial charge in [-0.3, -0.25) is 4.55 Å². The summed E-state index contributed by atoms with van der Waals surface area (Å²) in [6, 6.07) is 3.63. The monoisotopic (exact) mass is 216 g/mol. The number of hydrogen-bond acceptors (Lipinski definition) is 4. The Labute approximate surface area is 81.9 Å². The molecule has 0 atom stereocenters. The summed E-state index contributed by atoms with van der Waals surface area (Å²) in [5.74, 6) is 0. The molecule has 14 heavy (non-hydrogen) atoms. The fourth-order valence-electron chi connectivity index (χ4n) is 1.12. The first-order valence-electron chi connectivity index (χ1n) is 3.76. The minimum absolute atomic E-state index is 0.176. The van der Waals surface area contributed by atoms with Crippen molar-refractivity contribution < 1.29 is 23.0 Å². The van der Waals surface area contributed by atoms with Crippen LogP contribution in [0.1, 0.15) is 5.56 Å². The van der Waals surface area contributed by atoms with E-state index in [-0.39, 0.29) is 15.9 Å². The molecule has 0 aliphatic heterocycles. The number of benzene rings is 1. The molecule has 0 fully saturated rings. The van der Waals surface area contributed by atoms with Crippen molar-refractivity contribution in [1.82, 2.24) is 0 Å². The number of rotatable bonds is 2. The van der Waals surface area contributed by atoms with Crippen molar-refractivity contribution in [3.63, 3.8) is 0 Å². The molecule has 0 bridgehead atoms. The minimum atomic E-state index is -4.24. The standard InChI is InChI=1S/C7H9BO5S/c1-5-4-6(8(9)10)2-3-7(5)14(11,12)13/h2-4,9-10H,1H3,(H,11,12,13). The average molecular weight is 216 g/mol. The Morgan fingerprint density at radius 1 is 1.29 bits per heavy atom. The van der Waals surface area contributed by atoms with Crippen LogP contribution in [0.3, 0.4) is 0 Å². The van der Waals surface area contributed by atoms with E-state index < -0.39 is 17.2 Å². The highest BCUT2D eigenvalue weighted by atomic mass is 32.2. The summed E-state index contributed by atoms with van der Waals surface area (Å²) >= 11 is 0. The van der Waals surface area contributed by atoms with Crippen LogP contribution in [0.5, 0.6) is 0 Å². The Morgan fingerprint density at radius 3 is 2.21 bits per heavy atom. The molecule has 0 saturated heterocycles. The maximum Gasteiger partial charge on any atom is 0.488 e. The third-order valence-corrected chi connectivity index (χ3v) is 2.79. The maximum atomic E-state index is 10.8. The van der Waals surface area contributed by atoms with Crippen LogP contribution in [0.25, 0.3) is 0 Å². The molecule has 0 radical (unpaired) electrons. The predicted molar refractivity (Wildman–Crippen MR) is 50.8 cm³/mol. The molecule has 0 aliphatic rings. The molecular formula is C7H9BO5S. The van der Waals surface area contributed by atoms with Gasteiger partial charge < -0.3 is 10.0 Å². The normalized spacial score (nSPS) is 11.4. The van der Waals surface area contributed by atoms with Crippen LogP contribution in [-0.4, -0.2) is 30.1 Å². The summed E-state index contributed by atoms with van der Waals surface area (Å²) in [6.07, 6.45) is 0. The Balaban J connectivity index is 3.28. The van der Waals surface area contributed by atoms with Crippen molar-refractivity contribution in [1.29, 1.82) is 0 Å². The van der Waals surface area contributed by atoms with Gasteiger partial charge >= 0.3 is 7.12 Å². The average Bonchev–Trinajstić information content (AvgIpc) is 2.01. The molecular weight excluding hydrogens is 207 g/mol. The molecule has 0 saturated carbocycles. The fraction of sp³-hybridized carbons (Fsp3) is 0.143. The smallest absolute Gasteiger partial charge is 0.423 e. The van der Waals surface area contributed by atoms with Gasteiger partial charge in [0.05, 0.1) is 4.90 Å². The minimum Gasteiger partial charge on any atom is -0.423 e. The van der Waals surface area contributed by atoms with E-state index >= 15 is 0 Å². The second-order valence-corrected chi connectivity index (χ2v) is 4.26. The summed E-state index contributed by atoms with van der Waals surface area (Å²) in [5.41, 5.74) is 0.438. The zero-order valence-corrected chi connectivity index (χ0v) is 8.19. The van der Waals surface area contributed by atoms with E-state index in [1.165, 1.54) is 19.1 Å². The van der Waals surface area contributed by atoms with Crippen LogP contribution in [0.15, 0.2) is 23.1 Å². The van der Waals surface area contributed by atoms with Gasteiger partial charge in [-0.1, -0.05) is 12.1 Å². The van der Waals surface area contributed by atoms with Crippen LogP contribution in [0.4, 0.5) is 0 Å². The molecule has 5 nitrogen and oxygen atoms in total. The van der Waals surface area contributed by atoms with Gasteiger partial charge in [0.1, 0.15) is 0 Å². The van der Waals surface area contributed by atoms with E-state index in [0.717, 1.165) is 6.07 Å². The number of aryl methyl sites for hydroxylation is 1. The van der Waals surface area contributed by atoms with Gasteiger partial charge in [-0.05, 0) is 24.0 Å². The SMILES string of the molecule is Cc1cc(B(O)O)ccc1S(=O)(=O)O. The topological polar surface area (TPSA) is 94.8 Å². The zero-order chi connectivity index (χ0) is 10.9. The lowest BCUT2D eigenvalue weighted by atomic mass is 9.80. The highest BCUT2D eigenvalue weighted by Crippen LogP contribution is 2.12. The molecule has 1 aromatic rings. The first kappa shape index (κ1) is 11.2. The van der Waals surface area contributed by atoms with Crippen molar-refractivity contribution in [3.8, 4) is 0 Å². The largest absolute Gasteiger partial charge is 0.488 e. The molecule has 0 aromatic heterocycles. The molecule has 3 N–H and O–H groups in total. The van der Waals surface area contributed by atoms with Crippen LogP contribution in [0.2, 0.25) is 0 Å². The van der Waals surface area contributed by atoms with Gasteiger partial charge in [-0.15, -0.1) is 0 Å². The van der Waals surface area contributed by atoms with E-state index in [1.54, 1.807) is 0 Å². The van der Waals surface area contributed by atoms with Gasteiger partial charge in [0.15, 0.2) is 0 Å². The zero-order valence-electron chi connectivity index (χ0n) is 7.38. The van der Waals surface area contributed by atoms with Gasteiger partial charge in [-0.25, -0.2) is 0 Å². The molecule has 0 spiro atoms. The van der Waals surface area contributed by atoms with Gasteiger partial charge in [0.2, 0.25) is 0 Å². The summed E-state index contributed by atoms with van der Waals surface area (Å²) in [6.45, 7) is 1.45. The van der Waals surface area contributed by atoms with Crippen LogP contribution in [0, 0.1) is 6.92 Å². The first-order chi connectivity index (χ1) is 6.32. The van der Waals surface area contributed by atoms with Gasteiger partial charge in [0, 0.05) is 0 Å². The summed E-state index contributed by atoms with van der Waals surface area (Å²) in [7, 11) is -5.89. The van der Waals surface area contributed by atoms with E-state index in [9.17, 15) is 8.42 Å². The summed E-state index contributed by atoms with van der Waals surface area (Å²) < 4.78 is 30.3. The van der Waals surface area contributed by atoms with Crippen molar-refractivity contribution >= 4 is 22.7 Å². The lowest BCUT2D eigenvalue weighted by Crippen LogP contribution is -2.30. The fourth-order valence-corrected chi connectivity index (χ4v) is 1.83. The van der Waals surface area contributed by atoms with E-state index in [0.29, 0.717) is 0 Å². The highest BCUT2D eigenvalue weighted by Gasteiger charge is 2.16. The predicted octanol–water partition coefficient (Wildman–Crippen LogP) is -1.08. The molecule has 0 aliphatic carbocycles. The van der Waals surface area contributed by atoms with Gasteiger partial charge in [-0.2, -0.15) is 8.42 Å². The molecule has 1 aromatic carbocycles. The molecule has 76 valence electrons. The maximum absolute atomic E-state index is 10.8. The first-order valence-corrected chi connectivity index (χ1v) is 5.20. The summed E-state index contributed by atoms with van der Waals surface area (Å²) in [4.78, 5) is -0.234. The van der Waals surface area contributed by atoms with Crippen LogP contribution < -0.4 is 5.46 Å². The van der Waals surface area contributed by atoms with Crippen molar-refractivity contribution in [2.75, 3.05) is 0 Å². The van der Waals surface area contributed by atoms with Crippen molar-refractivity contribution in [3.05, 3.63) is 23.8 Å². The van der Waals surface area contributed by atoms with Crippen LogP contribution >= 0.6 is 0 Å². The van der Waals surface area contributed by atoms with E-state index in [4.69, 9.17) is 14.6 Å². The van der Waals surface area contributed by atoms with Gasteiger partial charge in [0.25, 0.3) is 10.1 Å². The molecule has 0 unspecified atom stereocenters. The molecule has 1 rings (SSSR count). The lowest BCUT2D eigenvalue weighted by Gasteiger charge is -2.04. The quantitative estimate of drug-likeness (QED) is 0.431. The van der Waals surface area contributed by atoms with E-state index in [1.807, 2.05) is 0 Å². The highest BCUT2D eigenvalue weighted by molar-refractivity contribution is 7.85. The summed E-state index contributed by atoms with van der Waals surface area (Å²) in [5, 5.41) is 17.6. The Kier molecular flexibility index (Phi) is 2.96. The lowest BCUT2D eigenvalue weighted by molar-refractivity contribution is 0.425. The molecule has 7 heteroatoms. The molecule has 0 heterocycles. The van der Waals surface area contributed by atoms with Crippen molar-refractivity contribution in [2.24, 2.45) is 0 Å². The Morgan fingerprint density at radius 2 is 1.86 bits per heavy atom. The Hall–Kier alpha value is -0.885. The van der Waals surface area contributed by atoms with Crippen molar-refractivity contribution in [2.45, 2.75) is 11.8 Å². The Bertz CT molecular complexity index is 439. The molecule has 0 amide bonds. The van der Waals surface area contributed by atoms with Crippen LogP contribution in [-0.2, 0) is 10.1 Å². The van der Waals surface area contributed by atoms with E-state index in [2.05, 4.69) is 0 Å². The second kappa shape index (κ2) is 3.70. The second-order valence-electron chi connectivity index (χ2n) is 2.87. The number of hydrogen-bond donors (Lipinski definition) is 3. The third kappa shape index (κ3) is 2.33.